The Morgan fingerprint density at radius 3 is 2.93 bits per heavy atom. The van der Waals surface area contributed by atoms with Crippen molar-refractivity contribution < 1.29 is 9.90 Å². The Kier molecular flexibility index (Phi) is 3.92. The quantitative estimate of drug-likeness (QED) is 0.801. The Hall–Kier alpha value is -0.220. The molecule has 0 radical (unpaired) electrons. The molecule has 4 heteroatoms. The Labute approximate surface area is 95.2 Å². The van der Waals surface area contributed by atoms with Crippen molar-refractivity contribution in [1.29, 1.82) is 0 Å². The van der Waals surface area contributed by atoms with Crippen LogP contribution in [0.5, 0.6) is 0 Å². The molecule has 2 saturated heterocycles. The van der Waals surface area contributed by atoms with E-state index in [2.05, 4.69) is 4.90 Å². The summed E-state index contributed by atoms with van der Waals surface area (Å²) in [5, 5.41) is 8.86. The number of likely N-dealkylation sites (tertiary alicyclic amines) is 1. The highest BCUT2D eigenvalue weighted by atomic mass is 32.2. The number of aliphatic carboxylic acids is 1. The minimum atomic E-state index is -0.643. The molecule has 3 nitrogen and oxygen atoms in total. The minimum absolute atomic E-state index is 0.311. The van der Waals surface area contributed by atoms with Crippen molar-refractivity contribution in [1.82, 2.24) is 4.90 Å². The van der Waals surface area contributed by atoms with Gasteiger partial charge in [0.25, 0.3) is 0 Å². The number of carbonyl (C=O) groups is 1. The van der Waals surface area contributed by atoms with Gasteiger partial charge in [0.05, 0.1) is 6.42 Å². The van der Waals surface area contributed by atoms with E-state index < -0.39 is 5.97 Å². The lowest BCUT2D eigenvalue weighted by Crippen LogP contribution is -2.42. The number of thioether (sulfide) groups is 1. The second kappa shape index (κ2) is 5.21. The smallest absolute Gasteiger partial charge is 0.304 e. The molecule has 0 amide bonds. The molecule has 15 heavy (non-hydrogen) atoms. The number of nitrogens with zero attached hydrogens (tertiary/aromatic N) is 1. The van der Waals surface area contributed by atoms with Crippen molar-refractivity contribution in [2.24, 2.45) is 0 Å². The average molecular weight is 229 g/mol. The van der Waals surface area contributed by atoms with Gasteiger partial charge in [0.15, 0.2) is 0 Å². The Morgan fingerprint density at radius 1 is 1.40 bits per heavy atom. The van der Waals surface area contributed by atoms with E-state index in [1.54, 1.807) is 0 Å². The van der Waals surface area contributed by atoms with Gasteiger partial charge in [-0.15, -0.1) is 0 Å². The molecule has 2 atom stereocenters. The van der Waals surface area contributed by atoms with E-state index in [-0.39, 0.29) is 0 Å². The highest BCUT2D eigenvalue weighted by molar-refractivity contribution is 7.99. The Morgan fingerprint density at radius 2 is 2.27 bits per heavy atom. The largest absolute Gasteiger partial charge is 0.481 e. The maximum Gasteiger partial charge on any atom is 0.304 e. The van der Waals surface area contributed by atoms with E-state index in [9.17, 15) is 4.79 Å². The molecule has 2 aliphatic rings. The summed E-state index contributed by atoms with van der Waals surface area (Å²) in [6.45, 7) is 1.11. The average Bonchev–Trinajstić information content (AvgIpc) is 2.66. The van der Waals surface area contributed by atoms with Crippen molar-refractivity contribution in [3.8, 4) is 0 Å². The number of carboxylic acid groups (broad SMARTS) is 1. The van der Waals surface area contributed by atoms with E-state index in [1.165, 1.54) is 30.8 Å². The van der Waals surface area contributed by atoms with Gasteiger partial charge in [0.1, 0.15) is 0 Å². The maximum absolute atomic E-state index is 10.8. The zero-order valence-electron chi connectivity index (χ0n) is 9.02. The lowest BCUT2D eigenvalue weighted by molar-refractivity contribution is -0.138. The summed E-state index contributed by atoms with van der Waals surface area (Å²) in [6.07, 6.45) is 5.16. The number of hydrogen-bond donors (Lipinski definition) is 1. The van der Waals surface area contributed by atoms with Crippen LogP contribution in [0.25, 0.3) is 0 Å². The molecule has 1 N–H and O–H groups in total. The van der Waals surface area contributed by atoms with Crippen molar-refractivity contribution in [3.63, 3.8) is 0 Å². The first-order valence-corrected chi connectivity index (χ1v) is 6.98. The van der Waals surface area contributed by atoms with Crippen molar-refractivity contribution in [3.05, 3.63) is 0 Å². The molecule has 2 rings (SSSR count). The van der Waals surface area contributed by atoms with Gasteiger partial charge < -0.3 is 5.11 Å². The molecule has 0 aromatic heterocycles. The van der Waals surface area contributed by atoms with Crippen molar-refractivity contribution in [2.75, 3.05) is 18.1 Å². The van der Waals surface area contributed by atoms with Gasteiger partial charge >= 0.3 is 5.97 Å². The molecule has 0 saturated carbocycles. The fourth-order valence-corrected chi connectivity index (χ4v) is 3.91. The first-order chi connectivity index (χ1) is 7.27. The van der Waals surface area contributed by atoms with E-state index in [0.717, 1.165) is 13.0 Å². The van der Waals surface area contributed by atoms with Crippen molar-refractivity contribution in [2.45, 2.75) is 44.2 Å². The second-order valence-electron chi connectivity index (χ2n) is 4.50. The van der Waals surface area contributed by atoms with Gasteiger partial charge in [-0.05, 0) is 38.0 Å². The van der Waals surface area contributed by atoms with E-state index >= 15 is 0 Å². The van der Waals surface area contributed by atoms with Gasteiger partial charge in [-0.1, -0.05) is 0 Å². The van der Waals surface area contributed by atoms with Crippen LogP contribution in [-0.4, -0.2) is 46.1 Å². The predicted molar refractivity (Wildman–Crippen MR) is 62.3 cm³/mol. The number of rotatable bonds is 3. The first-order valence-electron chi connectivity index (χ1n) is 5.82. The molecule has 2 unspecified atom stereocenters. The number of carboxylic acids is 1. The minimum Gasteiger partial charge on any atom is -0.481 e. The molecule has 0 bridgehead atoms. The van der Waals surface area contributed by atoms with Gasteiger partial charge in [-0.25, -0.2) is 0 Å². The second-order valence-corrected chi connectivity index (χ2v) is 5.65. The van der Waals surface area contributed by atoms with Crippen LogP contribution in [0.2, 0.25) is 0 Å². The standard InChI is InChI=1S/C11H19NO2S/c13-11(14)7-9-3-1-5-12(9)10-4-2-6-15-8-10/h9-10H,1-8H2,(H,13,14). The lowest BCUT2D eigenvalue weighted by Gasteiger charge is -2.34. The molecular formula is C11H19NO2S. The van der Waals surface area contributed by atoms with Crippen LogP contribution in [-0.2, 0) is 4.79 Å². The number of hydrogen-bond acceptors (Lipinski definition) is 3. The van der Waals surface area contributed by atoms with Gasteiger partial charge in [-0.3, -0.25) is 9.69 Å². The monoisotopic (exact) mass is 229 g/mol. The van der Waals surface area contributed by atoms with E-state index in [0.29, 0.717) is 18.5 Å². The maximum atomic E-state index is 10.8. The van der Waals surface area contributed by atoms with E-state index in [4.69, 9.17) is 5.11 Å². The molecule has 2 fully saturated rings. The van der Waals surface area contributed by atoms with Gasteiger partial charge in [-0.2, -0.15) is 11.8 Å². The summed E-state index contributed by atoms with van der Waals surface area (Å²) in [5.74, 6) is 1.85. The highest BCUT2D eigenvalue weighted by Gasteiger charge is 2.32. The summed E-state index contributed by atoms with van der Waals surface area (Å²) >= 11 is 2.02. The molecule has 0 spiro atoms. The molecule has 2 heterocycles. The summed E-state index contributed by atoms with van der Waals surface area (Å²) < 4.78 is 0. The third-order valence-electron chi connectivity index (χ3n) is 3.44. The van der Waals surface area contributed by atoms with Crippen molar-refractivity contribution >= 4 is 17.7 Å². The summed E-state index contributed by atoms with van der Waals surface area (Å²) in [4.78, 5) is 13.2. The van der Waals surface area contributed by atoms with Gasteiger partial charge in [0, 0.05) is 17.8 Å². The first kappa shape index (κ1) is 11.3. The van der Waals surface area contributed by atoms with Crippen LogP contribution in [0.4, 0.5) is 0 Å². The third-order valence-corrected chi connectivity index (χ3v) is 4.64. The van der Waals surface area contributed by atoms with Crippen LogP contribution >= 0.6 is 11.8 Å². The highest BCUT2D eigenvalue weighted by Crippen LogP contribution is 2.29. The van der Waals surface area contributed by atoms with Crippen LogP contribution in [0.15, 0.2) is 0 Å². The van der Waals surface area contributed by atoms with Crippen LogP contribution in [0.3, 0.4) is 0 Å². The Bertz CT molecular complexity index is 229. The van der Waals surface area contributed by atoms with Crippen LogP contribution in [0, 0.1) is 0 Å². The predicted octanol–water partition coefficient (Wildman–Crippen LogP) is 1.82. The topological polar surface area (TPSA) is 40.5 Å². The van der Waals surface area contributed by atoms with Crippen LogP contribution in [0.1, 0.15) is 32.1 Å². The summed E-state index contributed by atoms with van der Waals surface area (Å²) in [7, 11) is 0. The lowest BCUT2D eigenvalue weighted by atomic mass is 10.1. The van der Waals surface area contributed by atoms with Crippen LogP contribution < -0.4 is 0 Å². The van der Waals surface area contributed by atoms with Gasteiger partial charge in [0.2, 0.25) is 0 Å². The SMILES string of the molecule is O=C(O)CC1CCCN1C1CCCSC1. The molecule has 0 aromatic carbocycles. The molecular weight excluding hydrogens is 210 g/mol. The molecule has 0 aromatic rings. The molecule has 0 aliphatic carbocycles. The Balaban J connectivity index is 1.91. The fourth-order valence-electron chi connectivity index (χ4n) is 2.74. The normalized spacial score (nSPS) is 33.1. The van der Waals surface area contributed by atoms with E-state index in [1.807, 2.05) is 11.8 Å². The molecule has 2 aliphatic heterocycles. The zero-order valence-corrected chi connectivity index (χ0v) is 9.84. The molecule has 86 valence electrons. The summed E-state index contributed by atoms with van der Waals surface area (Å²) in [5.41, 5.74) is 0. The third kappa shape index (κ3) is 2.88. The fraction of sp³-hybridized carbons (Fsp3) is 0.909. The summed E-state index contributed by atoms with van der Waals surface area (Å²) in [6, 6.07) is 0.960. The zero-order chi connectivity index (χ0) is 10.7.